The average Bonchev–Trinajstić information content (AvgIpc) is 2.53. The summed E-state index contributed by atoms with van der Waals surface area (Å²) in [7, 11) is 0. The number of amides is 2. The molecule has 25 heavy (non-hydrogen) atoms. The van der Waals surface area contributed by atoms with Crippen molar-refractivity contribution < 1.29 is 18.9 Å². The minimum absolute atomic E-state index is 0.0501. The third-order valence-electron chi connectivity index (χ3n) is 3.92. The standard InChI is InChI=1S/C18H26FN3O2S/c1-18(2,3)20-16(23)12-21-8-10-22(11-9-21)17(24)13-25-15-6-4-14(19)5-7-15/h4-7H,8-13H2,1-3H3,(H,20,23)/p+1. The predicted molar refractivity (Wildman–Crippen MR) is 97.2 cm³/mol. The third-order valence-corrected chi connectivity index (χ3v) is 4.92. The number of piperazine rings is 1. The van der Waals surface area contributed by atoms with Crippen molar-refractivity contribution in [1.82, 2.24) is 10.2 Å². The molecule has 0 aromatic heterocycles. The normalized spacial score (nSPS) is 15.9. The summed E-state index contributed by atoms with van der Waals surface area (Å²) >= 11 is 1.42. The smallest absolute Gasteiger partial charge is 0.275 e. The zero-order valence-electron chi connectivity index (χ0n) is 15.1. The number of nitrogens with zero attached hydrogens (tertiary/aromatic N) is 1. The van der Waals surface area contributed by atoms with E-state index in [1.807, 2.05) is 25.7 Å². The monoisotopic (exact) mass is 368 g/mol. The van der Waals surface area contributed by atoms with E-state index in [0.29, 0.717) is 25.4 Å². The molecule has 2 rings (SSSR count). The molecule has 1 aromatic rings. The van der Waals surface area contributed by atoms with Crippen LogP contribution in [0.2, 0.25) is 0 Å². The Bertz CT molecular complexity index is 593. The molecule has 0 aliphatic carbocycles. The molecule has 138 valence electrons. The van der Waals surface area contributed by atoms with Crippen LogP contribution >= 0.6 is 11.8 Å². The van der Waals surface area contributed by atoms with E-state index in [1.165, 1.54) is 28.8 Å². The molecule has 1 aliphatic heterocycles. The molecule has 0 unspecified atom stereocenters. The van der Waals surface area contributed by atoms with Crippen molar-refractivity contribution >= 4 is 23.6 Å². The van der Waals surface area contributed by atoms with Crippen LogP contribution in [0.1, 0.15) is 20.8 Å². The third kappa shape index (κ3) is 7.04. The first-order valence-electron chi connectivity index (χ1n) is 8.54. The summed E-state index contributed by atoms with van der Waals surface area (Å²) in [4.78, 5) is 28.2. The van der Waals surface area contributed by atoms with Crippen molar-refractivity contribution in [1.29, 1.82) is 0 Å². The van der Waals surface area contributed by atoms with Crippen molar-refractivity contribution in [3.63, 3.8) is 0 Å². The van der Waals surface area contributed by atoms with E-state index in [2.05, 4.69) is 5.32 Å². The average molecular weight is 368 g/mol. The Balaban J connectivity index is 1.71. The van der Waals surface area contributed by atoms with Gasteiger partial charge in [0.25, 0.3) is 5.91 Å². The Morgan fingerprint density at radius 3 is 2.36 bits per heavy atom. The molecule has 2 N–H and O–H groups in total. The van der Waals surface area contributed by atoms with Crippen LogP contribution in [-0.4, -0.2) is 60.7 Å². The maximum absolute atomic E-state index is 12.9. The van der Waals surface area contributed by atoms with Crippen LogP contribution in [0.3, 0.4) is 0 Å². The molecular weight excluding hydrogens is 341 g/mol. The summed E-state index contributed by atoms with van der Waals surface area (Å²) in [5, 5.41) is 2.97. The highest BCUT2D eigenvalue weighted by Crippen LogP contribution is 2.18. The molecule has 7 heteroatoms. The van der Waals surface area contributed by atoms with Gasteiger partial charge < -0.3 is 15.1 Å². The number of benzene rings is 1. The number of rotatable bonds is 5. The second-order valence-corrected chi connectivity index (χ2v) is 8.40. The molecule has 0 bridgehead atoms. The highest BCUT2D eigenvalue weighted by Gasteiger charge is 2.26. The molecule has 1 fully saturated rings. The van der Waals surface area contributed by atoms with Crippen molar-refractivity contribution in [3.05, 3.63) is 30.1 Å². The summed E-state index contributed by atoms with van der Waals surface area (Å²) in [6, 6.07) is 6.17. The number of halogens is 1. The van der Waals surface area contributed by atoms with E-state index in [0.717, 1.165) is 18.0 Å². The van der Waals surface area contributed by atoms with Crippen molar-refractivity contribution in [2.24, 2.45) is 0 Å². The molecule has 1 aromatic carbocycles. The van der Waals surface area contributed by atoms with Gasteiger partial charge >= 0.3 is 0 Å². The van der Waals surface area contributed by atoms with Crippen molar-refractivity contribution in [3.8, 4) is 0 Å². The van der Waals surface area contributed by atoms with Crippen LogP contribution in [0.25, 0.3) is 0 Å². The fourth-order valence-corrected chi connectivity index (χ4v) is 3.51. The largest absolute Gasteiger partial charge is 0.347 e. The second kappa shape index (κ2) is 8.67. The highest BCUT2D eigenvalue weighted by atomic mass is 32.2. The van der Waals surface area contributed by atoms with Gasteiger partial charge in [-0.05, 0) is 45.0 Å². The van der Waals surface area contributed by atoms with Gasteiger partial charge in [-0.3, -0.25) is 9.59 Å². The van der Waals surface area contributed by atoms with Crippen molar-refractivity contribution in [2.45, 2.75) is 31.2 Å². The number of carbonyl (C=O) groups excluding carboxylic acids is 2. The number of nitrogens with one attached hydrogen (secondary N) is 2. The Morgan fingerprint density at radius 1 is 1.20 bits per heavy atom. The molecule has 1 aliphatic rings. The minimum Gasteiger partial charge on any atom is -0.347 e. The lowest BCUT2D eigenvalue weighted by atomic mass is 10.1. The topological polar surface area (TPSA) is 53.9 Å². The zero-order valence-corrected chi connectivity index (χ0v) is 15.9. The molecule has 1 heterocycles. The molecule has 1 saturated heterocycles. The summed E-state index contributed by atoms with van der Waals surface area (Å²) in [5.74, 6) is 0.220. The first-order valence-corrected chi connectivity index (χ1v) is 9.52. The van der Waals surface area contributed by atoms with Crippen LogP contribution in [0, 0.1) is 5.82 Å². The molecule has 0 spiro atoms. The van der Waals surface area contributed by atoms with Gasteiger partial charge in [0.05, 0.1) is 31.9 Å². The number of thioether (sulfide) groups is 1. The van der Waals surface area contributed by atoms with Gasteiger partial charge in [0.1, 0.15) is 5.82 Å². The van der Waals surface area contributed by atoms with E-state index in [-0.39, 0.29) is 23.2 Å². The Hall–Kier alpha value is -1.60. The molecule has 0 atom stereocenters. The highest BCUT2D eigenvalue weighted by molar-refractivity contribution is 8.00. The van der Waals surface area contributed by atoms with Crippen LogP contribution in [0.15, 0.2) is 29.2 Å². The maximum Gasteiger partial charge on any atom is 0.275 e. The van der Waals surface area contributed by atoms with Crippen LogP contribution < -0.4 is 10.2 Å². The lowest BCUT2D eigenvalue weighted by Gasteiger charge is -2.32. The van der Waals surface area contributed by atoms with Crippen LogP contribution in [-0.2, 0) is 9.59 Å². The fourth-order valence-electron chi connectivity index (χ4n) is 2.71. The van der Waals surface area contributed by atoms with E-state index in [9.17, 15) is 14.0 Å². The number of hydrogen-bond donors (Lipinski definition) is 2. The molecule has 0 saturated carbocycles. The number of hydrogen-bond acceptors (Lipinski definition) is 3. The summed E-state index contributed by atoms with van der Waals surface area (Å²) < 4.78 is 12.9. The Labute approximate surface area is 152 Å². The lowest BCUT2D eigenvalue weighted by molar-refractivity contribution is -0.896. The van der Waals surface area contributed by atoms with E-state index < -0.39 is 0 Å². The summed E-state index contributed by atoms with van der Waals surface area (Å²) in [6.45, 7) is 9.25. The van der Waals surface area contributed by atoms with Crippen LogP contribution in [0.4, 0.5) is 4.39 Å². The van der Waals surface area contributed by atoms with Crippen molar-refractivity contribution in [2.75, 3.05) is 38.5 Å². The minimum atomic E-state index is -0.273. The Kier molecular flexibility index (Phi) is 6.84. The van der Waals surface area contributed by atoms with E-state index >= 15 is 0 Å². The quantitative estimate of drug-likeness (QED) is 0.747. The van der Waals surface area contributed by atoms with Gasteiger partial charge in [-0.25, -0.2) is 4.39 Å². The maximum atomic E-state index is 12.9. The number of carbonyl (C=O) groups is 2. The molecule has 0 radical (unpaired) electrons. The first-order chi connectivity index (χ1) is 11.7. The van der Waals surface area contributed by atoms with E-state index in [4.69, 9.17) is 0 Å². The predicted octanol–water partition coefficient (Wildman–Crippen LogP) is 0.560. The van der Waals surface area contributed by atoms with Gasteiger partial charge in [-0.15, -0.1) is 11.8 Å². The van der Waals surface area contributed by atoms with Gasteiger partial charge in [-0.1, -0.05) is 0 Å². The van der Waals surface area contributed by atoms with Gasteiger partial charge in [-0.2, -0.15) is 0 Å². The molecule has 5 nitrogen and oxygen atoms in total. The van der Waals surface area contributed by atoms with Gasteiger partial charge in [0.15, 0.2) is 6.54 Å². The number of quaternary nitrogens is 1. The lowest BCUT2D eigenvalue weighted by Crippen LogP contribution is -3.16. The second-order valence-electron chi connectivity index (χ2n) is 7.35. The van der Waals surface area contributed by atoms with Gasteiger partial charge in [0.2, 0.25) is 5.91 Å². The van der Waals surface area contributed by atoms with Gasteiger partial charge in [0, 0.05) is 10.4 Å². The summed E-state index contributed by atoms with van der Waals surface area (Å²) in [5.41, 5.74) is -0.216. The molecule has 2 amide bonds. The Morgan fingerprint density at radius 2 is 1.80 bits per heavy atom. The summed E-state index contributed by atoms with van der Waals surface area (Å²) in [6.07, 6.45) is 0. The first kappa shape index (κ1) is 19.7. The zero-order chi connectivity index (χ0) is 18.4. The fraction of sp³-hybridized carbons (Fsp3) is 0.556. The van der Waals surface area contributed by atoms with Crippen LogP contribution in [0.5, 0.6) is 0 Å². The SMILES string of the molecule is CC(C)(C)NC(=O)C[NH+]1CCN(C(=O)CSc2ccc(F)cc2)CC1. The molecular formula is C18H27FN3O2S+. The van der Waals surface area contributed by atoms with E-state index in [1.54, 1.807) is 12.1 Å².